The van der Waals surface area contributed by atoms with Gasteiger partial charge >= 0.3 is 5.97 Å². The summed E-state index contributed by atoms with van der Waals surface area (Å²) in [5.41, 5.74) is 1.73. The van der Waals surface area contributed by atoms with Crippen LogP contribution in [0.2, 0.25) is 5.02 Å². The lowest BCUT2D eigenvalue weighted by Gasteiger charge is -2.10. The maximum Gasteiger partial charge on any atom is 0.344 e. The van der Waals surface area contributed by atoms with Gasteiger partial charge in [0, 0.05) is 5.69 Å². The van der Waals surface area contributed by atoms with Crippen molar-refractivity contribution in [2.75, 3.05) is 18.5 Å². The van der Waals surface area contributed by atoms with Gasteiger partial charge < -0.3 is 14.8 Å². The van der Waals surface area contributed by atoms with Crippen LogP contribution < -0.4 is 10.1 Å². The topological polar surface area (TPSA) is 64.6 Å². The minimum atomic E-state index is -0.645. The summed E-state index contributed by atoms with van der Waals surface area (Å²) in [5.74, 6) is -0.659. The van der Waals surface area contributed by atoms with Crippen molar-refractivity contribution >= 4 is 29.2 Å². The third kappa shape index (κ3) is 5.28. The Hall–Kier alpha value is -2.53. The number of amides is 1. The van der Waals surface area contributed by atoms with E-state index in [2.05, 4.69) is 5.32 Å². The zero-order chi connectivity index (χ0) is 17.4. The normalized spacial score (nSPS) is 10.1. The number of rotatable bonds is 7. The molecule has 1 amide bonds. The van der Waals surface area contributed by atoms with Gasteiger partial charge in [-0.3, -0.25) is 4.79 Å². The maximum absolute atomic E-state index is 11.9. The Balaban J connectivity index is 1.77. The fourth-order valence-electron chi connectivity index (χ4n) is 2.02. The number of ether oxygens (including phenoxy) is 2. The number of esters is 1. The lowest BCUT2D eigenvalue weighted by Crippen LogP contribution is -2.24. The molecule has 0 spiro atoms. The van der Waals surface area contributed by atoms with Crippen LogP contribution in [0.5, 0.6) is 5.75 Å². The number of para-hydroxylation sites is 2. The van der Waals surface area contributed by atoms with Crippen molar-refractivity contribution in [3.63, 3.8) is 0 Å². The molecule has 24 heavy (non-hydrogen) atoms. The van der Waals surface area contributed by atoms with Crippen LogP contribution in [0.25, 0.3) is 0 Å². The highest BCUT2D eigenvalue weighted by Gasteiger charge is 2.11. The van der Waals surface area contributed by atoms with Crippen LogP contribution in [0.1, 0.15) is 12.5 Å². The molecule has 0 saturated heterocycles. The molecule has 0 aromatic heterocycles. The summed E-state index contributed by atoms with van der Waals surface area (Å²) in [6.45, 7) is 1.31. The second kappa shape index (κ2) is 8.93. The number of benzene rings is 2. The Morgan fingerprint density at radius 2 is 1.75 bits per heavy atom. The first kappa shape index (κ1) is 17.8. The summed E-state index contributed by atoms with van der Waals surface area (Å²) < 4.78 is 10.1. The van der Waals surface area contributed by atoms with Crippen LogP contribution in [-0.2, 0) is 20.7 Å². The van der Waals surface area contributed by atoms with Crippen molar-refractivity contribution in [3.05, 3.63) is 59.1 Å². The molecule has 2 rings (SSSR count). The summed E-state index contributed by atoms with van der Waals surface area (Å²) in [4.78, 5) is 23.5. The van der Waals surface area contributed by atoms with Gasteiger partial charge in [-0.15, -0.1) is 0 Å². The van der Waals surface area contributed by atoms with Gasteiger partial charge in [0.1, 0.15) is 5.75 Å². The zero-order valence-electron chi connectivity index (χ0n) is 13.3. The Morgan fingerprint density at radius 3 is 2.50 bits per heavy atom. The maximum atomic E-state index is 11.9. The molecule has 2 aromatic rings. The Kier molecular flexibility index (Phi) is 6.63. The number of hydrogen-bond donors (Lipinski definition) is 1. The van der Waals surface area contributed by atoms with E-state index in [1.807, 2.05) is 25.1 Å². The molecular weight excluding hydrogens is 330 g/mol. The zero-order valence-corrected chi connectivity index (χ0v) is 14.0. The molecule has 0 aliphatic rings. The van der Waals surface area contributed by atoms with Crippen molar-refractivity contribution in [2.24, 2.45) is 0 Å². The van der Waals surface area contributed by atoms with Gasteiger partial charge in [0.25, 0.3) is 5.91 Å². The van der Waals surface area contributed by atoms with Gasteiger partial charge in [0.2, 0.25) is 0 Å². The fraction of sp³-hybridized carbons (Fsp3) is 0.222. The third-order valence-electron chi connectivity index (χ3n) is 3.22. The Morgan fingerprint density at radius 1 is 1.04 bits per heavy atom. The number of hydrogen-bond acceptors (Lipinski definition) is 4. The van der Waals surface area contributed by atoms with Crippen molar-refractivity contribution in [3.8, 4) is 5.75 Å². The highest BCUT2D eigenvalue weighted by atomic mass is 35.5. The number of anilines is 1. The molecule has 0 heterocycles. The van der Waals surface area contributed by atoms with E-state index in [-0.39, 0.29) is 13.2 Å². The second-order valence-corrected chi connectivity index (χ2v) is 5.35. The Labute approximate surface area is 145 Å². The molecule has 0 aliphatic carbocycles. The van der Waals surface area contributed by atoms with Crippen LogP contribution in [0.15, 0.2) is 48.5 Å². The predicted octanol–water partition coefficient (Wildman–Crippen LogP) is 3.46. The van der Waals surface area contributed by atoms with E-state index in [1.54, 1.807) is 30.3 Å². The van der Waals surface area contributed by atoms with Crippen molar-refractivity contribution in [1.82, 2.24) is 0 Å². The molecule has 0 radical (unpaired) electrons. The van der Waals surface area contributed by atoms with E-state index < -0.39 is 11.9 Å². The number of nitrogens with one attached hydrogen (secondary N) is 1. The van der Waals surface area contributed by atoms with Gasteiger partial charge in [-0.2, -0.15) is 0 Å². The van der Waals surface area contributed by atoms with Crippen LogP contribution in [0, 0.1) is 0 Å². The lowest BCUT2D eigenvalue weighted by molar-refractivity contribution is -0.149. The van der Waals surface area contributed by atoms with Gasteiger partial charge in [-0.1, -0.05) is 48.9 Å². The van der Waals surface area contributed by atoms with E-state index in [0.29, 0.717) is 16.5 Å². The van der Waals surface area contributed by atoms with Gasteiger partial charge in [-0.25, -0.2) is 4.79 Å². The molecule has 6 heteroatoms. The molecule has 0 unspecified atom stereocenters. The van der Waals surface area contributed by atoms with E-state index in [9.17, 15) is 9.59 Å². The molecule has 5 nitrogen and oxygen atoms in total. The van der Waals surface area contributed by atoms with Crippen LogP contribution in [-0.4, -0.2) is 25.1 Å². The van der Waals surface area contributed by atoms with Crippen LogP contribution >= 0.6 is 11.6 Å². The predicted molar refractivity (Wildman–Crippen MR) is 92.4 cm³/mol. The molecule has 2 aromatic carbocycles. The molecule has 0 saturated carbocycles. The number of halogens is 1. The summed E-state index contributed by atoms with van der Waals surface area (Å²) in [7, 11) is 0. The van der Waals surface area contributed by atoms with Crippen LogP contribution in [0.4, 0.5) is 5.69 Å². The van der Waals surface area contributed by atoms with Gasteiger partial charge in [-0.05, 0) is 30.2 Å². The smallest absolute Gasteiger partial charge is 0.344 e. The van der Waals surface area contributed by atoms with E-state index in [1.165, 1.54) is 0 Å². The molecule has 126 valence electrons. The monoisotopic (exact) mass is 347 g/mol. The van der Waals surface area contributed by atoms with Gasteiger partial charge in [0.05, 0.1) is 5.02 Å². The average molecular weight is 348 g/mol. The minimum Gasteiger partial charge on any atom is -0.480 e. The largest absolute Gasteiger partial charge is 0.480 e. The van der Waals surface area contributed by atoms with E-state index in [4.69, 9.17) is 21.1 Å². The van der Waals surface area contributed by atoms with Crippen molar-refractivity contribution in [1.29, 1.82) is 0 Å². The third-order valence-corrected chi connectivity index (χ3v) is 3.53. The highest BCUT2D eigenvalue weighted by molar-refractivity contribution is 6.32. The lowest BCUT2D eigenvalue weighted by atomic mass is 10.1. The highest BCUT2D eigenvalue weighted by Crippen LogP contribution is 2.22. The standard InChI is InChI=1S/C18H18ClNO4/c1-2-13-7-3-5-9-15(13)20-17(21)11-24-18(22)12-23-16-10-6-4-8-14(16)19/h3-10H,2,11-12H2,1H3,(H,20,21). The summed E-state index contributed by atoms with van der Waals surface area (Å²) >= 11 is 5.91. The van der Waals surface area contributed by atoms with Crippen molar-refractivity contribution < 1.29 is 19.1 Å². The molecule has 1 N–H and O–H groups in total. The summed E-state index contributed by atoms with van der Waals surface area (Å²) in [6, 6.07) is 14.3. The molecule has 0 atom stereocenters. The van der Waals surface area contributed by atoms with Crippen molar-refractivity contribution in [2.45, 2.75) is 13.3 Å². The first-order chi connectivity index (χ1) is 11.6. The van der Waals surface area contributed by atoms with Crippen LogP contribution in [0.3, 0.4) is 0 Å². The van der Waals surface area contributed by atoms with Gasteiger partial charge in [0.15, 0.2) is 13.2 Å². The molecular formula is C18H18ClNO4. The Bertz CT molecular complexity index is 718. The van der Waals surface area contributed by atoms with E-state index >= 15 is 0 Å². The first-order valence-corrected chi connectivity index (χ1v) is 7.88. The summed E-state index contributed by atoms with van der Waals surface area (Å²) in [6.07, 6.45) is 0.794. The summed E-state index contributed by atoms with van der Waals surface area (Å²) in [5, 5.41) is 3.12. The quantitative estimate of drug-likeness (QED) is 0.779. The minimum absolute atomic E-state index is 0.317. The number of aryl methyl sites for hydroxylation is 1. The molecule has 0 bridgehead atoms. The second-order valence-electron chi connectivity index (χ2n) is 4.94. The molecule has 0 aliphatic heterocycles. The SMILES string of the molecule is CCc1ccccc1NC(=O)COC(=O)COc1ccccc1Cl. The number of carbonyl (C=O) groups excluding carboxylic acids is 2. The molecule has 0 fully saturated rings. The van der Waals surface area contributed by atoms with E-state index in [0.717, 1.165) is 12.0 Å². The average Bonchev–Trinajstić information content (AvgIpc) is 2.59. The number of carbonyl (C=O) groups is 2. The first-order valence-electron chi connectivity index (χ1n) is 7.51. The fourth-order valence-corrected chi connectivity index (χ4v) is 2.21.